The molecule has 3 rings (SSSR count). The highest BCUT2D eigenvalue weighted by Crippen LogP contribution is 2.23. The van der Waals surface area contributed by atoms with Crippen LogP contribution in [0.15, 0.2) is 24.3 Å². The molecule has 4 amide bonds. The normalized spacial score (nSPS) is 16.2. The fourth-order valence-electron chi connectivity index (χ4n) is 3.09. The number of imide groups is 1. The zero-order chi connectivity index (χ0) is 20.3. The number of benzene rings is 1. The van der Waals surface area contributed by atoms with Crippen molar-refractivity contribution in [3.8, 4) is 5.75 Å². The fourth-order valence-corrected chi connectivity index (χ4v) is 3.09. The van der Waals surface area contributed by atoms with Gasteiger partial charge in [-0.1, -0.05) is 0 Å². The van der Waals surface area contributed by atoms with E-state index in [9.17, 15) is 14.4 Å². The van der Waals surface area contributed by atoms with Crippen LogP contribution in [0.4, 0.5) is 10.5 Å². The molecule has 1 aliphatic heterocycles. The van der Waals surface area contributed by atoms with Crippen LogP contribution in [-0.2, 0) is 16.1 Å². The average molecular weight is 385 g/mol. The smallest absolute Gasteiger partial charge is 0.329 e. The molecule has 28 heavy (non-hydrogen) atoms. The molecule has 2 heterocycles. The molecular formula is C19H23N5O4. The van der Waals surface area contributed by atoms with Crippen LogP contribution >= 0.6 is 0 Å². The van der Waals surface area contributed by atoms with Crippen LogP contribution in [0.3, 0.4) is 0 Å². The van der Waals surface area contributed by atoms with Crippen molar-refractivity contribution in [1.29, 1.82) is 0 Å². The molecule has 0 bridgehead atoms. The van der Waals surface area contributed by atoms with Gasteiger partial charge in [0.1, 0.15) is 11.8 Å². The minimum atomic E-state index is -0.724. The number of aryl methyl sites for hydroxylation is 2. The number of ether oxygens (including phenoxy) is 1. The quantitative estimate of drug-likeness (QED) is 0.626. The van der Waals surface area contributed by atoms with Crippen molar-refractivity contribution in [2.24, 2.45) is 0 Å². The largest absolute Gasteiger partial charge is 0.497 e. The molecule has 0 spiro atoms. The van der Waals surface area contributed by atoms with Gasteiger partial charge in [-0.3, -0.25) is 14.7 Å². The van der Waals surface area contributed by atoms with Crippen LogP contribution < -0.4 is 20.3 Å². The monoisotopic (exact) mass is 385 g/mol. The number of anilines is 1. The second-order valence-corrected chi connectivity index (χ2v) is 6.60. The first-order valence-electron chi connectivity index (χ1n) is 8.96. The van der Waals surface area contributed by atoms with Gasteiger partial charge in [0.2, 0.25) is 5.91 Å². The van der Waals surface area contributed by atoms with Crippen molar-refractivity contribution >= 4 is 23.5 Å². The number of methoxy groups -OCH3 is 1. The maximum atomic E-state index is 12.6. The Morgan fingerprint density at radius 1 is 1.25 bits per heavy atom. The Labute approximate surface area is 162 Å². The number of carbonyl (C=O) groups is 3. The third-order valence-electron chi connectivity index (χ3n) is 4.75. The van der Waals surface area contributed by atoms with E-state index in [-0.39, 0.29) is 24.7 Å². The van der Waals surface area contributed by atoms with Crippen molar-refractivity contribution in [3.05, 3.63) is 41.2 Å². The SMILES string of the molecule is COc1ccc(N2C(=O)N[C@H](CCC(=O)NCc3c(C)n[nH]c3C)C2=O)cc1. The van der Waals surface area contributed by atoms with Crippen molar-refractivity contribution in [2.45, 2.75) is 39.3 Å². The van der Waals surface area contributed by atoms with Crippen LogP contribution in [-0.4, -0.2) is 41.2 Å². The highest BCUT2D eigenvalue weighted by Gasteiger charge is 2.38. The molecule has 1 aromatic carbocycles. The average Bonchev–Trinajstić information content (AvgIpc) is 3.16. The number of nitrogens with zero attached hydrogens (tertiary/aromatic N) is 2. The number of H-pyrrole nitrogens is 1. The lowest BCUT2D eigenvalue weighted by Crippen LogP contribution is -2.32. The summed E-state index contributed by atoms with van der Waals surface area (Å²) in [6, 6.07) is 5.41. The molecule has 0 unspecified atom stereocenters. The summed E-state index contributed by atoms with van der Waals surface area (Å²) in [5, 5.41) is 12.4. The van der Waals surface area contributed by atoms with Gasteiger partial charge in [-0.05, 0) is 44.5 Å². The second kappa shape index (κ2) is 8.12. The molecule has 1 aliphatic rings. The van der Waals surface area contributed by atoms with E-state index in [1.807, 2.05) is 13.8 Å². The lowest BCUT2D eigenvalue weighted by Gasteiger charge is -2.13. The Kier molecular flexibility index (Phi) is 5.62. The summed E-state index contributed by atoms with van der Waals surface area (Å²) in [5.41, 5.74) is 3.16. The molecule has 1 saturated heterocycles. The Hall–Kier alpha value is -3.36. The lowest BCUT2D eigenvalue weighted by atomic mass is 10.1. The van der Waals surface area contributed by atoms with Crippen LogP contribution in [0, 0.1) is 13.8 Å². The predicted octanol–water partition coefficient (Wildman–Crippen LogP) is 1.56. The summed E-state index contributed by atoms with van der Waals surface area (Å²) in [7, 11) is 1.54. The summed E-state index contributed by atoms with van der Waals surface area (Å²) in [4.78, 5) is 38.0. The molecule has 9 nitrogen and oxygen atoms in total. The first-order chi connectivity index (χ1) is 13.4. The number of hydrogen-bond acceptors (Lipinski definition) is 5. The molecule has 1 fully saturated rings. The number of hydrogen-bond donors (Lipinski definition) is 3. The molecule has 2 aromatic rings. The third-order valence-corrected chi connectivity index (χ3v) is 4.75. The van der Waals surface area contributed by atoms with Crippen LogP contribution in [0.1, 0.15) is 29.8 Å². The molecule has 148 valence electrons. The minimum absolute atomic E-state index is 0.128. The summed E-state index contributed by atoms with van der Waals surface area (Å²) >= 11 is 0. The maximum absolute atomic E-state index is 12.6. The zero-order valence-electron chi connectivity index (χ0n) is 16.0. The Balaban J connectivity index is 1.54. The van der Waals surface area contributed by atoms with Gasteiger partial charge in [0, 0.05) is 24.2 Å². The Morgan fingerprint density at radius 2 is 1.96 bits per heavy atom. The molecule has 0 aliphatic carbocycles. The van der Waals surface area contributed by atoms with Crippen LogP contribution in [0.25, 0.3) is 0 Å². The van der Waals surface area contributed by atoms with Crippen molar-refractivity contribution in [2.75, 3.05) is 12.0 Å². The fraction of sp³-hybridized carbons (Fsp3) is 0.368. The first-order valence-corrected chi connectivity index (χ1v) is 8.96. The number of nitrogens with one attached hydrogen (secondary N) is 3. The number of aromatic nitrogens is 2. The van der Waals surface area contributed by atoms with E-state index in [0.29, 0.717) is 18.0 Å². The Morgan fingerprint density at radius 3 is 2.57 bits per heavy atom. The van der Waals surface area contributed by atoms with Crippen molar-refractivity contribution < 1.29 is 19.1 Å². The first kappa shape index (κ1) is 19.4. The number of urea groups is 1. The molecule has 1 aromatic heterocycles. The van der Waals surface area contributed by atoms with Crippen LogP contribution in [0.2, 0.25) is 0 Å². The third kappa shape index (κ3) is 3.98. The van der Waals surface area contributed by atoms with E-state index in [0.717, 1.165) is 21.9 Å². The molecule has 3 N–H and O–H groups in total. The second-order valence-electron chi connectivity index (χ2n) is 6.60. The van der Waals surface area contributed by atoms with E-state index in [1.165, 1.54) is 0 Å². The number of aromatic amines is 1. The maximum Gasteiger partial charge on any atom is 0.329 e. The summed E-state index contributed by atoms with van der Waals surface area (Å²) in [5.74, 6) is 0.0709. The highest BCUT2D eigenvalue weighted by atomic mass is 16.5. The Bertz CT molecular complexity index is 871. The van der Waals surface area contributed by atoms with Gasteiger partial charge < -0.3 is 15.4 Å². The topological polar surface area (TPSA) is 116 Å². The van der Waals surface area contributed by atoms with Crippen molar-refractivity contribution in [1.82, 2.24) is 20.8 Å². The van der Waals surface area contributed by atoms with Gasteiger partial charge in [0.05, 0.1) is 18.5 Å². The molecular weight excluding hydrogens is 362 g/mol. The van der Waals surface area contributed by atoms with Gasteiger partial charge in [-0.15, -0.1) is 0 Å². The predicted molar refractivity (Wildman–Crippen MR) is 102 cm³/mol. The molecule has 0 saturated carbocycles. The van der Waals surface area contributed by atoms with E-state index < -0.39 is 12.1 Å². The summed E-state index contributed by atoms with van der Waals surface area (Å²) in [6.45, 7) is 4.13. The zero-order valence-corrected chi connectivity index (χ0v) is 16.0. The summed E-state index contributed by atoms with van der Waals surface area (Å²) < 4.78 is 5.08. The van der Waals surface area contributed by atoms with E-state index in [1.54, 1.807) is 31.4 Å². The van der Waals surface area contributed by atoms with Gasteiger partial charge >= 0.3 is 6.03 Å². The van der Waals surface area contributed by atoms with Crippen molar-refractivity contribution in [3.63, 3.8) is 0 Å². The van der Waals surface area contributed by atoms with Gasteiger partial charge in [0.15, 0.2) is 0 Å². The van der Waals surface area contributed by atoms with E-state index in [2.05, 4.69) is 20.8 Å². The van der Waals surface area contributed by atoms with Crippen LogP contribution in [0.5, 0.6) is 5.75 Å². The van der Waals surface area contributed by atoms with E-state index >= 15 is 0 Å². The highest BCUT2D eigenvalue weighted by molar-refractivity contribution is 6.21. The number of amides is 4. The van der Waals surface area contributed by atoms with Gasteiger partial charge in [0.25, 0.3) is 5.91 Å². The van der Waals surface area contributed by atoms with Gasteiger partial charge in [-0.2, -0.15) is 5.10 Å². The molecule has 0 radical (unpaired) electrons. The summed E-state index contributed by atoms with van der Waals surface area (Å²) in [6.07, 6.45) is 0.357. The number of carbonyl (C=O) groups excluding carboxylic acids is 3. The number of rotatable bonds is 7. The lowest BCUT2D eigenvalue weighted by molar-refractivity contribution is -0.122. The molecule has 9 heteroatoms. The van der Waals surface area contributed by atoms with Gasteiger partial charge in [-0.25, -0.2) is 9.69 Å². The van der Waals surface area contributed by atoms with E-state index in [4.69, 9.17) is 4.74 Å². The molecule has 1 atom stereocenters. The standard InChI is InChI=1S/C19H23N5O4/c1-11-15(12(2)23-22-11)10-20-17(25)9-8-16-18(26)24(19(27)21-16)13-4-6-14(28-3)7-5-13/h4-7,16H,8-10H2,1-3H3,(H,20,25)(H,21,27)(H,22,23)/t16-/m1/s1. The minimum Gasteiger partial charge on any atom is -0.497 e.